The zero-order valence-electron chi connectivity index (χ0n) is 17.9. The Balaban J connectivity index is 1.56. The molecule has 0 spiro atoms. The lowest BCUT2D eigenvalue weighted by Crippen LogP contribution is -2.31. The highest BCUT2D eigenvalue weighted by molar-refractivity contribution is 6.30. The molecule has 2 heterocycles. The molecule has 1 aromatic heterocycles. The molecule has 0 saturated heterocycles. The van der Waals surface area contributed by atoms with Crippen LogP contribution >= 0.6 is 11.6 Å². The third kappa shape index (κ3) is 3.85. The highest BCUT2D eigenvalue weighted by Crippen LogP contribution is 2.38. The van der Waals surface area contributed by atoms with E-state index in [0.29, 0.717) is 12.3 Å². The number of nitrogens with zero attached hydrogens (tertiary/aromatic N) is 1. The first-order chi connectivity index (χ1) is 15.5. The first-order valence-electron chi connectivity index (χ1n) is 10.4. The fourth-order valence-electron chi connectivity index (χ4n) is 4.23. The second-order valence-corrected chi connectivity index (χ2v) is 8.40. The molecule has 1 aliphatic rings. The minimum atomic E-state index is -0.383. The molecule has 3 aromatic carbocycles. The SMILES string of the molecule is COc1ccc(-c2cc(=O)oc3c(C)c4c(cc23)CN(Cc2ccc(Cl)cc2)CO4)cc1. The van der Waals surface area contributed by atoms with Crippen molar-refractivity contribution in [3.63, 3.8) is 0 Å². The summed E-state index contributed by atoms with van der Waals surface area (Å²) in [7, 11) is 1.63. The fraction of sp³-hybridized carbons (Fsp3) is 0.192. The first kappa shape index (κ1) is 20.6. The summed E-state index contributed by atoms with van der Waals surface area (Å²) in [5.74, 6) is 1.56. The van der Waals surface area contributed by atoms with Crippen LogP contribution in [0.4, 0.5) is 0 Å². The molecule has 0 amide bonds. The highest BCUT2D eigenvalue weighted by atomic mass is 35.5. The predicted molar refractivity (Wildman–Crippen MR) is 125 cm³/mol. The molecule has 0 N–H and O–H groups in total. The molecular formula is C26H22ClNO4. The second-order valence-electron chi connectivity index (χ2n) is 7.96. The van der Waals surface area contributed by atoms with Crippen LogP contribution in [0.1, 0.15) is 16.7 Å². The number of hydrogen-bond donors (Lipinski definition) is 0. The molecular weight excluding hydrogens is 426 g/mol. The standard InChI is InChI=1S/C26H22ClNO4/c1-16-25-19(14-28(15-31-25)13-17-3-7-20(27)8-4-17)11-23-22(12-24(29)32-26(16)23)18-5-9-21(30-2)10-6-18/h3-12H,13-15H2,1-2H3. The highest BCUT2D eigenvalue weighted by Gasteiger charge is 2.23. The zero-order chi connectivity index (χ0) is 22.2. The third-order valence-corrected chi connectivity index (χ3v) is 6.05. The van der Waals surface area contributed by atoms with E-state index in [0.717, 1.165) is 57.3 Å². The summed E-state index contributed by atoms with van der Waals surface area (Å²) < 4.78 is 17.0. The lowest BCUT2D eigenvalue weighted by atomic mass is 9.96. The van der Waals surface area contributed by atoms with Crippen LogP contribution in [0.5, 0.6) is 11.5 Å². The number of hydrogen-bond acceptors (Lipinski definition) is 5. The smallest absolute Gasteiger partial charge is 0.336 e. The summed E-state index contributed by atoms with van der Waals surface area (Å²) in [5.41, 5.74) is 5.02. The van der Waals surface area contributed by atoms with Gasteiger partial charge in [-0.1, -0.05) is 35.9 Å². The molecule has 32 heavy (non-hydrogen) atoms. The van der Waals surface area contributed by atoms with Crippen LogP contribution in [0.15, 0.2) is 69.9 Å². The van der Waals surface area contributed by atoms with E-state index < -0.39 is 0 Å². The number of aryl methyl sites for hydroxylation is 1. The van der Waals surface area contributed by atoms with Gasteiger partial charge in [-0.15, -0.1) is 0 Å². The van der Waals surface area contributed by atoms with Gasteiger partial charge in [0.15, 0.2) is 0 Å². The lowest BCUT2D eigenvalue weighted by Gasteiger charge is -2.30. The molecule has 4 aromatic rings. The topological polar surface area (TPSA) is 51.9 Å². The molecule has 6 heteroatoms. The summed E-state index contributed by atoms with van der Waals surface area (Å²) in [6.45, 7) is 3.89. The van der Waals surface area contributed by atoms with Crippen LogP contribution in [-0.2, 0) is 13.1 Å². The van der Waals surface area contributed by atoms with Crippen molar-refractivity contribution >= 4 is 22.6 Å². The van der Waals surface area contributed by atoms with E-state index in [1.54, 1.807) is 13.2 Å². The zero-order valence-corrected chi connectivity index (χ0v) is 18.6. The molecule has 162 valence electrons. The minimum Gasteiger partial charge on any atom is -0.497 e. The van der Waals surface area contributed by atoms with Crippen molar-refractivity contribution in [2.45, 2.75) is 20.0 Å². The van der Waals surface area contributed by atoms with Crippen LogP contribution in [-0.4, -0.2) is 18.7 Å². The maximum Gasteiger partial charge on any atom is 0.336 e. The number of ether oxygens (including phenoxy) is 2. The number of methoxy groups -OCH3 is 1. The molecule has 0 saturated carbocycles. The van der Waals surface area contributed by atoms with E-state index in [9.17, 15) is 4.79 Å². The predicted octanol–water partition coefficient (Wildman–Crippen LogP) is 5.78. The van der Waals surface area contributed by atoms with Crippen molar-refractivity contribution in [3.8, 4) is 22.6 Å². The van der Waals surface area contributed by atoms with Gasteiger partial charge in [-0.2, -0.15) is 0 Å². The van der Waals surface area contributed by atoms with Crippen molar-refractivity contribution in [1.82, 2.24) is 4.90 Å². The normalized spacial score (nSPS) is 13.6. The molecule has 0 bridgehead atoms. The molecule has 0 fully saturated rings. The third-order valence-electron chi connectivity index (χ3n) is 5.80. The average molecular weight is 448 g/mol. The van der Waals surface area contributed by atoms with Crippen LogP contribution in [0.25, 0.3) is 22.1 Å². The van der Waals surface area contributed by atoms with Gasteiger partial charge in [0.1, 0.15) is 23.8 Å². The van der Waals surface area contributed by atoms with E-state index in [1.807, 2.05) is 55.5 Å². The van der Waals surface area contributed by atoms with Gasteiger partial charge in [-0.05, 0) is 53.9 Å². The van der Waals surface area contributed by atoms with Gasteiger partial charge >= 0.3 is 5.63 Å². The Hall–Kier alpha value is -3.28. The Bertz CT molecular complexity index is 1340. The summed E-state index contributed by atoms with van der Waals surface area (Å²) in [6.07, 6.45) is 0. The van der Waals surface area contributed by atoms with E-state index in [-0.39, 0.29) is 5.63 Å². The molecule has 0 unspecified atom stereocenters. The first-order valence-corrected chi connectivity index (χ1v) is 10.7. The molecule has 1 aliphatic heterocycles. The van der Waals surface area contributed by atoms with Crippen LogP contribution < -0.4 is 15.1 Å². The summed E-state index contributed by atoms with van der Waals surface area (Å²) in [5, 5.41) is 1.62. The monoisotopic (exact) mass is 447 g/mol. The summed E-state index contributed by atoms with van der Waals surface area (Å²) >= 11 is 6.01. The number of fused-ring (bicyclic) bond motifs is 2. The van der Waals surface area contributed by atoms with Crippen molar-refractivity contribution in [1.29, 1.82) is 0 Å². The molecule has 0 aliphatic carbocycles. The van der Waals surface area contributed by atoms with Crippen molar-refractivity contribution in [2.24, 2.45) is 0 Å². The van der Waals surface area contributed by atoms with E-state index in [4.69, 9.17) is 25.5 Å². The van der Waals surface area contributed by atoms with Gasteiger partial charge in [-0.3, -0.25) is 4.90 Å². The van der Waals surface area contributed by atoms with Crippen molar-refractivity contribution in [2.75, 3.05) is 13.8 Å². The Morgan fingerprint density at radius 2 is 1.81 bits per heavy atom. The summed E-state index contributed by atoms with van der Waals surface area (Å²) in [4.78, 5) is 14.6. The Labute approximate surface area is 190 Å². The van der Waals surface area contributed by atoms with Crippen LogP contribution in [0, 0.1) is 6.92 Å². The van der Waals surface area contributed by atoms with Crippen molar-refractivity contribution in [3.05, 3.63) is 92.8 Å². The average Bonchev–Trinajstić information content (AvgIpc) is 2.81. The van der Waals surface area contributed by atoms with E-state index in [2.05, 4.69) is 11.0 Å². The van der Waals surface area contributed by atoms with Gasteiger partial charge in [0.05, 0.1) is 7.11 Å². The summed E-state index contributed by atoms with van der Waals surface area (Å²) in [6, 6.07) is 19.2. The fourth-order valence-corrected chi connectivity index (χ4v) is 4.35. The van der Waals surface area contributed by atoms with Gasteiger partial charge in [0, 0.05) is 40.7 Å². The molecule has 0 atom stereocenters. The van der Waals surface area contributed by atoms with Gasteiger partial charge in [0.25, 0.3) is 0 Å². The maximum atomic E-state index is 12.4. The largest absolute Gasteiger partial charge is 0.497 e. The van der Waals surface area contributed by atoms with Crippen molar-refractivity contribution < 1.29 is 13.9 Å². The van der Waals surface area contributed by atoms with Gasteiger partial charge in [0.2, 0.25) is 0 Å². The Kier molecular flexibility index (Phi) is 5.37. The van der Waals surface area contributed by atoms with E-state index in [1.165, 1.54) is 5.56 Å². The van der Waals surface area contributed by atoms with Crippen LogP contribution in [0.3, 0.4) is 0 Å². The van der Waals surface area contributed by atoms with Gasteiger partial charge < -0.3 is 13.9 Å². The van der Waals surface area contributed by atoms with E-state index >= 15 is 0 Å². The van der Waals surface area contributed by atoms with Crippen LogP contribution in [0.2, 0.25) is 5.02 Å². The minimum absolute atomic E-state index is 0.383. The molecule has 5 rings (SSSR count). The van der Waals surface area contributed by atoms with Gasteiger partial charge in [-0.25, -0.2) is 4.79 Å². The molecule has 0 radical (unpaired) electrons. The second kappa shape index (κ2) is 8.34. The Morgan fingerprint density at radius 3 is 2.53 bits per heavy atom. The number of halogens is 1. The maximum absolute atomic E-state index is 12.4. The lowest BCUT2D eigenvalue weighted by molar-refractivity contribution is 0.0881. The quantitative estimate of drug-likeness (QED) is 0.371. The number of rotatable bonds is 4. The molecule has 5 nitrogen and oxygen atoms in total. The number of benzene rings is 3. The Morgan fingerprint density at radius 1 is 1.06 bits per heavy atom.